The van der Waals surface area contributed by atoms with Gasteiger partial charge in [0, 0.05) is 28.3 Å². The predicted octanol–water partition coefficient (Wildman–Crippen LogP) is 3.39. The third-order valence-electron chi connectivity index (χ3n) is 5.58. The summed E-state index contributed by atoms with van der Waals surface area (Å²) in [5.41, 5.74) is 5.96. The molecule has 5 rings (SSSR count). The normalized spacial score (nSPS) is 15.7. The van der Waals surface area contributed by atoms with Crippen LogP contribution in [0.3, 0.4) is 0 Å². The van der Waals surface area contributed by atoms with Crippen molar-refractivity contribution in [3.8, 4) is 0 Å². The Bertz CT molecular complexity index is 1220. The van der Waals surface area contributed by atoms with Crippen LogP contribution < -0.4 is 10.2 Å². The number of aromatic nitrogens is 2. The van der Waals surface area contributed by atoms with Gasteiger partial charge in [-0.2, -0.15) is 0 Å². The van der Waals surface area contributed by atoms with Gasteiger partial charge in [-0.3, -0.25) is 15.1 Å². The molecule has 150 valence electrons. The molecule has 0 radical (unpaired) electrons. The third kappa shape index (κ3) is 3.72. The number of rotatable bonds is 4. The molecule has 0 aliphatic carbocycles. The number of nitrogens with zero attached hydrogens (tertiary/aromatic N) is 2. The van der Waals surface area contributed by atoms with E-state index in [1.54, 1.807) is 0 Å². The molecule has 1 amide bonds. The lowest BCUT2D eigenvalue weighted by molar-refractivity contribution is -0.929. The Hall–Kier alpha value is -3.09. The lowest BCUT2D eigenvalue weighted by Gasteiger charge is -2.27. The molecule has 1 atom stereocenters. The maximum Gasteiger partial charge on any atom is 0.258 e. The molecular weight excluding hydrogens is 392 g/mol. The van der Waals surface area contributed by atoms with Crippen molar-refractivity contribution in [3.05, 3.63) is 88.1 Å². The van der Waals surface area contributed by atoms with E-state index in [9.17, 15) is 4.79 Å². The first-order valence-electron chi connectivity index (χ1n) is 10.2. The molecule has 0 saturated carbocycles. The van der Waals surface area contributed by atoms with Crippen LogP contribution in [0.5, 0.6) is 0 Å². The predicted molar refractivity (Wildman–Crippen MR) is 120 cm³/mol. The Balaban J connectivity index is 1.53. The number of aryl methyl sites for hydroxylation is 1. The average molecular weight is 416 g/mol. The van der Waals surface area contributed by atoms with Gasteiger partial charge in [0.05, 0.1) is 29.0 Å². The smallest absolute Gasteiger partial charge is 0.258 e. The molecule has 0 saturated heterocycles. The van der Waals surface area contributed by atoms with Crippen LogP contribution in [-0.2, 0) is 19.5 Å². The number of benzene rings is 2. The minimum atomic E-state index is -0.0971. The number of thiazole rings is 1. The summed E-state index contributed by atoms with van der Waals surface area (Å²) < 4.78 is 0. The molecule has 1 aliphatic heterocycles. The van der Waals surface area contributed by atoms with E-state index in [-0.39, 0.29) is 5.91 Å². The number of amides is 1. The van der Waals surface area contributed by atoms with Crippen molar-refractivity contribution in [2.45, 2.75) is 26.4 Å². The van der Waals surface area contributed by atoms with E-state index in [0.29, 0.717) is 5.13 Å². The van der Waals surface area contributed by atoms with E-state index in [2.05, 4.69) is 34.6 Å². The molecule has 1 unspecified atom stereocenters. The highest BCUT2D eigenvalue weighted by Crippen LogP contribution is 2.26. The molecule has 4 aromatic rings. The standard InChI is InChI=1S/C24H22N4OS/c1-16-15-30-24(25-16)27-23(29)22-18-9-5-6-10-20(18)26-21-11-12-28(14-19(21)22)13-17-7-3-2-4-8-17/h2-10,15H,11-14H2,1H3,(H,25,27,29)/p+1. The fourth-order valence-electron chi connectivity index (χ4n) is 4.20. The number of carbonyl (C=O) groups excluding carboxylic acids is 1. The summed E-state index contributed by atoms with van der Waals surface area (Å²) in [4.78, 5) is 24.2. The van der Waals surface area contributed by atoms with Gasteiger partial charge in [-0.25, -0.2) is 4.98 Å². The molecule has 30 heavy (non-hydrogen) atoms. The van der Waals surface area contributed by atoms with E-state index in [1.165, 1.54) is 21.8 Å². The summed E-state index contributed by atoms with van der Waals surface area (Å²) in [5.74, 6) is -0.0971. The van der Waals surface area contributed by atoms with Crippen molar-refractivity contribution < 1.29 is 9.69 Å². The van der Waals surface area contributed by atoms with Crippen LogP contribution in [0.4, 0.5) is 5.13 Å². The monoisotopic (exact) mass is 415 g/mol. The number of hydrogen-bond acceptors (Lipinski definition) is 4. The first-order valence-corrected chi connectivity index (χ1v) is 11.1. The Labute approximate surface area is 179 Å². The summed E-state index contributed by atoms with van der Waals surface area (Å²) in [5, 5.41) is 6.50. The van der Waals surface area contributed by atoms with Crippen molar-refractivity contribution in [2.75, 3.05) is 11.9 Å². The summed E-state index contributed by atoms with van der Waals surface area (Å²) in [7, 11) is 0. The first kappa shape index (κ1) is 18.9. The van der Waals surface area contributed by atoms with E-state index < -0.39 is 0 Å². The van der Waals surface area contributed by atoms with E-state index in [1.807, 2.05) is 42.6 Å². The summed E-state index contributed by atoms with van der Waals surface area (Å²) in [6, 6.07) is 18.5. The van der Waals surface area contributed by atoms with E-state index in [4.69, 9.17) is 4.98 Å². The van der Waals surface area contributed by atoms with Crippen molar-refractivity contribution in [1.29, 1.82) is 0 Å². The van der Waals surface area contributed by atoms with Gasteiger partial charge in [0.1, 0.15) is 13.1 Å². The van der Waals surface area contributed by atoms with Crippen molar-refractivity contribution in [3.63, 3.8) is 0 Å². The Kier molecular flexibility index (Phi) is 5.02. The van der Waals surface area contributed by atoms with Crippen LogP contribution in [0.2, 0.25) is 0 Å². The van der Waals surface area contributed by atoms with Crippen molar-refractivity contribution in [1.82, 2.24) is 9.97 Å². The zero-order valence-corrected chi connectivity index (χ0v) is 17.6. The molecule has 1 aliphatic rings. The number of quaternary nitrogens is 1. The SMILES string of the molecule is Cc1csc(NC(=O)c2c3c(nc4ccccc24)CC[NH+](Cc2ccccc2)C3)n1. The van der Waals surface area contributed by atoms with Crippen LogP contribution in [0.1, 0.15) is 32.9 Å². The van der Waals surface area contributed by atoms with Gasteiger partial charge in [-0.15, -0.1) is 11.3 Å². The Morgan fingerprint density at radius 3 is 2.70 bits per heavy atom. The molecule has 3 heterocycles. The maximum absolute atomic E-state index is 13.4. The second-order valence-corrected chi connectivity index (χ2v) is 8.62. The van der Waals surface area contributed by atoms with Gasteiger partial charge >= 0.3 is 0 Å². The molecule has 2 aromatic carbocycles. The van der Waals surface area contributed by atoms with Gasteiger partial charge in [-0.05, 0) is 13.0 Å². The van der Waals surface area contributed by atoms with Gasteiger partial charge in [-0.1, -0.05) is 48.5 Å². The van der Waals surface area contributed by atoms with Crippen LogP contribution >= 0.6 is 11.3 Å². The third-order valence-corrected chi connectivity index (χ3v) is 6.46. The molecular formula is C24H23N4OS+. The lowest BCUT2D eigenvalue weighted by Crippen LogP contribution is -3.10. The Morgan fingerprint density at radius 2 is 1.90 bits per heavy atom. The topological polar surface area (TPSA) is 59.3 Å². The fourth-order valence-corrected chi connectivity index (χ4v) is 4.88. The number of anilines is 1. The second kappa shape index (κ2) is 7.97. The maximum atomic E-state index is 13.4. The van der Waals surface area contributed by atoms with Crippen molar-refractivity contribution in [2.24, 2.45) is 0 Å². The minimum Gasteiger partial charge on any atom is -0.327 e. The largest absolute Gasteiger partial charge is 0.327 e. The number of hydrogen-bond donors (Lipinski definition) is 2. The van der Waals surface area contributed by atoms with E-state index in [0.717, 1.165) is 59.5 Å². The number of pyridine rings is 1. The van der Waals surface area contributed by atoms with Crippen LogP contribution in [0.15, 0.2) is 60.0 Å². The lowest BCUT2D eigenvalue weighted by atomic mass is 9.95. The minimum absolute atomic E-state index is 0.0971. The van der Waals surface area contributed by atoms with Gasteiger partial charge < -0.3 is 4.90 Å². The van der Waals surface area contributed by atoms with Gasteiger partial charge in [0.2, 0.25) is 0 Å². The fraction of sp³-hybridized carbons (Fsp3) is 0.208. The van der Waals surface area contributed by atoms with Crippen molar-refractivity contribution >= 4 is 33.3 Å². The van der Waals surface area contributed by atoms with Gasteiger partial charge in [0.25, 0.3) is 5.91 Å². The molecule has 0 fully saturated rings. The zero-order chi connectivity index (χ0) is 20.5. The molecule has 2 aromatic heterocycles. The number of nitrogens with one attached hydrogen (secondary N) is 2. The molecule has 2 N–H and O–H groups in total. The summed E-state index contributed by atoms with van der Waals surface area (Å²) >= 11 is 1.45. The number of carbonyl (C=O) groups is 1. The molecule has 6 heteroatoms. The first-order chi connectivity index (χ1) is 14.7. The average Bonchev–Trinajstić information content (AvgIpc) is 3.17. The van der Waals surface area contributed by atoms with Crippen LogP contribution in [-0.4, -0.2) is 22.4 Å². The molecule has 0 spiro atoms. The summed E-state index contributed by atoms with van der Waals surface area (Å²) in [6.45, 7) is 4.68. The number of para-hydroxylation sites is 1. The highest BCUT2D eigenvalue weighted by atomic mass is 32.1. The summed E-state index contributed by atoms with van der Waals surface area (Å²) in [6.07, 6.45) is 0.874. The highest BCUT2D eigenvalue weighted by Gasteiger charge is 2.28. The quantitative estimate of drug-likeness (QED) is 0.537. The number of fused-ring (bicyclic) bond motifs is 2. The van der Waals surface area contributed by atoms with Gasteiger partial charge in [0.15, 0.2) is 5.13 Å². The zero-order valence-electron chi connectivity index (χ0n) is 16.8. The van der Waals surface area contributed by atoms with Crippen LogP contribution in [0, 0.1) is 6.92 Å². The highest BCUT2D eigenvalue weighted by molar-refractivity contribution is 7.13. The van der Waals surface area contributed by atoms with E-state index >= 15 is 0 Å². The molecule has 5 nitrogen and oxygen atoms in total. The Morgan fingerprint density at radius 1 is 1.10 bits per heavy atom. The van der Waals surface area contributed by atoms with Crippen LogP contribution in [0.25, 0.3) is 10.9 Å². The molecule has 0 bridgehead atoms. The second-order valence-electron chi connectivity index (χ2n) is 7.77.